The van der Waals surface area contributed by atoms with E-state index in [4.69, 9.17) is 4.74 Å². The highest BCUT2D eigenvalue weighted by Gasteiger charge is 2.31. The van der Waals surface area contributed by atoms with Crippen LogP contribution in [-0.2, 0) is 14.3 Å². The number of carbonyl (C=O) groups is 2. The van der Waals surface area contributed by atoms with E-state index in [1.165, 1.54) is 6.42 Å². The molecule has 3 aliphatic rings. The molecule has 2 atom stereocenters. The zero-order chi connectivity index (χ0) is 17.8. The molecule has 6 heteroatoms. The number of hydrogen-bond donors (Lipinski definition) is 0. The molecule has 3 saturated heterocycles. The number of hydrogen-bond acceptors (Lipinski definition) is 4. The van der Waals surface area contributed by atoms with E-state index in [0.717, 1.165) is 52.1 Å². The van der Waals surface area contributed by atoms with Gasteiger partial charge in [-0.15, -0.1) is 0 Å². The minimum Gasteiger partial charge on any atom is -0.378 e. The highest BCUT2D eigenvalue weighted by Crippen LogP contribution is 2.23. The van der Waals surface area contributed by atoms with Crippen LogP contribution in [0.25, 0.3) is 0 Å². The number of amides is 2. The van der Waals surface area contributed by atoms with Crippen molar-refractivity contribution in [3.05, 3.63) is 0 Å². The fourth-order valence-corrected chi connectivity index (χ4v) is 4.54. The summed E-state index contributed by atoms with van der Waals surface area (Å²) in [6, 6.07) is 0. The molecule has 0 spiro atoms. The maximum Gasteiger partial charge on any atom is 0.236 e. The Labute approximate surface area is 151 Å². The Bertz CT molecular complexity index is 461. The van der Waals surface area contributed by atoms with Crippen LogP contribution in [0.5, 0.6) is 0 Å². The fourth-order valence-electron chi connectivity index (χ4n) is 4.54. The van der Waals surface area contributed by atoms with E-state index in [1.807, 2.05) is 9.80 Å². The molecular weight excluding hydrogens is 318 g/mol. The summed E-state index contributed by atoms with van der Waals surface area (Å²) in [5.74, 6) is 1.87. The van der Waals surface area contributed by atoms with Crippen LogP contribution in [-0.4, -0.2) is 85.5 Å². The molecule has 3 rings (SSSR count). The zero-order valence-corrected chi connectivity index (χ0v) is 15.8. The molecule has 3 heterocycles. The third kappa shape index (κ3) is 4.94. The number of ether oxygens (including phenoxy) is 1. The van der Waals surface area contributed by atoms with Gasteiger partial charge in [0.25, 0.3) is 0 Å². The van der Waals surface area contributed by atoms with Gasteiger partial charge < -0.3 is 14.5 Å². The van der Waals surface area contributed by atoms with Crippen molar-refractivity contribution < 1.29 is 14.3 Å². The molecule has 2 unspecified atom stereocenters. The maximum atomic E-state index is 12.6. The first-order valence-electron chi connectivity index (χ1n) is 9.89. The second-order valence-electron chi connectivity index (χ2n) is 8.23. The molecule has 3 fully saturated rings. The van der Waals surface area contributed by atoms with Gasteiger partial charge in [-0.3, -0.25) is 14.5 Å². The predicted molar refractivity (Wildman–Crippen MR) is 96.1 cm³/mol. The van der Waals surface area contributed by atoms with Crippen molar-refractivity contribution in [2.45, 2.75) is 33.1 Å². The topological polar surface area (TPSA) is 53.1 Å². The van der Waals surface area contributed by atoms with Crippen LogP contribution in [0.15, 0.2) is 0 Å². The van der Waals surface area contributed by atoms with Crippen LogP contribution >= 0.6 is 0 Å². The minimum absolute atomic E-state index is 0.125. The monoisotopic (exact) mass is 351 g/mol. The highest BCUT2D eigenvalue weighted by molar-refractivity contribution is 5.80. The summed E-state index contributed by atoms with van der Waals surface area (Å²) >= 11 is 0. The summed E-state index contributed by atoms with van der Waals surface area (Å²) in [7, 11) is 0. The van der Waals surface area contributed by atoms with E-state index < -0.39 is 0 Å². The molecule has 6 nitrogen and oxygen atoms in total. The van der Waals surface area contributed by atoms with Crippen LogP contribution in [0.1, 0.15) is 33.1 Å². The van der Waals surface area contributed by atoms with Crippen molar-refractivity contribution in [2.75, 3.05) is 59.0 Å². The lowest BCUT2D eigenvalue weighted by Crippen LogP contribution is -2.50. The van der Waals surface area contributed by atoms with Crippen LogP contribution < -0.4 is 0 Å². The SMILES string of the molecule is CC1CC(C)CN(C(=O)CN2CCC(C(=O)N3CCOCC3)CC2)C1. The summed E-state index contributed by atoms with van der Waals surface area (Å²) in [5.41, 5.74) is 0. The Morgan fingerprint density at radius 2 is 1.52 bits per heavy atom. The van der Waals surface area contributed by atoms with Crippen molar-refractivity contribution in [2.24, 2.45) is 17.8 Å². The van der Waals surface area contributed by atoms with Crippen LogP contribution in [0.2, 0.25) is 0 Å². The predicted octanol–water partition coefficient (Wildman–Crippen LogP) is 1.06. The Kier molecular flexibility index (Phi) is 6.34. The van der Waals surface area contributed by atoms with E-state index in [2.05, 4.69) is 18.7 Å². The summed E-state index contributed by atoms with van der Waals surface area (Å²) in [5, 5.41) is 0. The molecule has 0 aliphatic carbocycles. The lowest BCUT2D eigenvalue weighted by Gasteiger charge is -2.38. The fraction of sp³-hybridized carbons (Fsp3) is 0.895. The first-order valence-corrected chi connectivity index (χ1v) is 9.89. The van der Waals surface area contributed by atoms with Gasteiger partial charge in [0.05, 0.1) is 19.8 Å². The summed E-state index contributed by atoms with van der Waals surface area (Å²) < 4.78 is 5.33. The lowest BCUT2D eigenvalue weighted by molar-refractivity contribution is -0.141. The third-order valence-electron chi connectivity index (χ3n) is 5.84. The van der Waals surface area contributed by atoms with Crippen molar-refractivity contribution >= 4 is 11.8 Å². The van der Waals surface area contributed by atoms with Gasteiger partial charge in [-0.25, -0.2) is 0 Å². The molecule has 0 radical (unpaired) electrons. The average molecular weight is 351 g/mol. The van der Waals surface area contributed by atoms with Crippen LogP contribution in [0, 0.1) is 17.8 Å². The van der Waals surface area contributed by atoms with Gasteiger partial charge >= 0.3 is 0 Å². The molecule has 0 aromatic rings. The first-order chi connectivity index (χ1) is 12.0. The highest BCUT2D eigenvalue weighted by atomic mass is 16.5. The van der Waals surface area contributed by atoms with Gasteiger partial charge in [0, 0.05) is 32.1 Å². The number of morpholine rings is 1. The zero-order valence-electron chi connectivity index (χ0n) is 15.8. The smallest absolute Gasteiger partial charge is 0.236 e. The van der Waals surface area contributed by atoms with Gasteiger partial charge in [-0.2, -0.15) is 0 Å². The molecular formula is C19H33N3O3. The Hall–Kier alpha value is -1.14. The molecule has 0 aromatic carbocycles. The molecule has 0 N–H and O–H groups in total. The van der Waals surface area contributed by atoms with E-state index >= 15 is 0 Å². The molecule has 2 amide bonds. The normalized spacial score (nSPS) is 29.7. The van der Waals surface area contributed by atoms with Crippen molar-refractivity contribution in [1.82, 2.24) is 14.7 Å². The first kappa shape index (κ1) is 18.6. The summed E-state index contributed by atoms with van der Waals surface area (Å²) in [6.07, 6.45) is 2.96. The molecule has 3 aliphatic heterocycles. The minimum atomic E-state index is 0.125. The van der Waals surface area contributed by atoms with E-state index in [1.54, 1.807) is 0 Å². The third-order valence-corrected chi connectivity index (χ3v) is 5.84. The number of rotatable bonds is 3. The molecule has 0 bridgehead atoms. The quantitative estimate of drug-likeness (QED) is 0.763. The molecule has 0 saturated carbocycles. The number of nitrogens with zero attached hydrogens (tertiary/aromatic N) is 3. The second kappa shape index (κ2) is 8.49. The van der Waals surface area contributed by atoms with E-state index in [-0.39, 0.29) is 17.7 Å². The Balaban J connectivity index is 1.42. The van der Waals surface area contributed by atoms with Gasteiger partial charge in [-0.05, 0) is 44.2 Å². The van der Waals surface area contributed by atoms with Gasteiger partial charge in [0.1, 0.15) is 0 Å². The van der Waals surface area contributed by atoms with Gasteiger partial charge in [0.2, 0.25) is 11.8 Å². The maximum absolute atomic E-state index is 12.6. The van der Waals surface area contributed by atoms with Gasteiger partial charge in [0.15, 0.2) is 0 Å². The molecule has 142 valence electrons. The Morgan fingerprint density at radius 1 is 0.920 bits per heavy atom. The number of piperidine rings is 2. The molecule has 0 aromatic heterocycles. The summed E-state index contributed by atoms with van der Waals surface area (Å²) in [4.78, 5) is 31.4. The van der Waals surface area contributed by atoms with Gasteiger partial charge in [-0.1, -0.05) is 13.8 Å². The van der Waals surface area contributed by atoms with E-state index in [9.17, 15) is 9.59 Å². The Morgan fingerprint density at radius 3 is 2.12 bits per heavy atom. The molecule has 25 heavy (non-hydrogen) atoms. The van der Waals surface area contributed by atoms with Crippen molar-refractivity contribution in [1.29, 1.82) is 0 Å². The standard InChI is InChI=1S/C19H33N3O3/c1-15-11-16(2)13-22(12-15)18(23)14-20-5-3-17(4-6-20)19(24)21-7-9-25-10-8-21/h15-17H,3-14H2,1-2H3. The van der Waals surface area contributed by atoms with Crippen molar-refractivity contribution in [3.63, 3.8) is 0 Å². The van der Waals surface area contributed by atoms with Crippen LogP contribution in [0.3, 0.4) is 0 Å². The lowest BCUT2D eigenvalue weighted by atomic mass is 9.91. The van der Waals surface area contributed by atoms with E-state index in [0.29, 0.717) is 31.6 Å². The summed E-state index contributed by atoms with van der Waals surface area (Å²) in [6.45, 7) is 11.2. The average Bonchev–Trinajstić information content (AvgIpc) is 2.61. The second-order valence-corrected chi connectivity index (χ2v) is 8.23. The number of carbonyl (C=O) groups excluding carboxylic acids is 2. The largest absolute Gasteiger partial charge is 0.378 e. The van der Waals surface area contributed by atoms with Crippen molar-refractivity contribution in [3.8, 4) is 0 Å². The van der Waals surface area contributed by atoms with Crippen LogP contribution in [0.4, 0.5) is 0 Å². The number of likely N-dealkylation sites (tertiary alicyclic amines) is 2.